The summed E-state index contributed by atoms with van der Waals surface area (Å²) < 4.78 is 0. The molecule has 0 saturated carbocycles. The molecule has 14 aromatic carbocycles. The van der Waals surface area contributed by atoms with Crippen molar-refractivity contribution >= 4 is 44.9 Å². The molecule has 2 heteroatoms. The highest BCUT2D eigenvalue weighted by molar-refractivity contribution is 6.00. The monoisotopic (exact) mass is 1100 g/mol. The van der Waals surface area contributed by atoms with Crippen LogP contribution in [0, 0.1) is 6.92 Å². The summed E-state index contributed by atoms with van der Waals surface area (Å²) in [5.41, 5.74) is 26.5. The smallest absolute Gasteiger partial charge is 0.0714 e. The van der Waals surface area contributed by atoms with Crippen molar-refractivity contribution in [3.63, 3.8) is 0 Å². The lowest BCUT2D eigenvalue weighted by Gasteiger charge is -2.35. The van der Waals surface area contributed by atoms with E-state index in [1.165, 1.54) is 72.0 Å². The van der Waals surface area contributed by atoms with Crippen LogP contribution in [0.25, 0.3) is 77.5 Å². The molecular formula is C84H60N2. The SMILES string of the molecule is Cc1ccccc1-c1cc2ccccc2cc1N(c1ccccc1)c1ccc(-c2cc(-c3ccccc3)c(-c3ccc(N(c4ccccc4)c4ccc5c(c4)C(c4ccccc4)(c4ccccc4)c4ccccc4-5)cc3)cc2-c2ccccc2)cc1. The first-order chi connectivity index (χ1) is 42.6. The van der Waals surface area contributed by atoms with Gasteiger partial charge in [0.05, 0.1) is 11.1 Å². The topological polar surface area (TPSA) is 6.48 Å². The molecule has 2 nitrogen and oxygen atoms in total. The van der Waals surface area contributed by atoms with Crippen LogP contribution in [0.3, 0.4) is 0 Å². The predicted molar refractivity (Wildman–Crippen MR) is 363 cm³/mol. The number of rotatable bonds is 13. The van der Waals surface area contributed by atoms with Crippen LogP contribution in [0.5, 0.6) is 0 Å². The van der Waals surface area contributed by atoms with Gasteiger partial charge in [-0.05, 0) is 192 Å². The fourth-order valence-electron chi connectivity index (χ4n) is 13.5. The molecule has 0 fully saturated rings. The zero-order chi connectivity index (χ0) is 57.4. The second-order valence-electron chi connectivity index (χ2n) is 22.4. The van der Waals surface area contributed by atoms with E-state index in [4.69, 9.17) is 0 Å². The summed E-state index contributed by atoms with van der Waals surface area (Å²) in [6, 6.07) is 127. The molecule has 406 valence electrons. The van der Waals surface area contributed by atoms with E-state index in [0.717, 1.165) is 67.5 Å². The number of benzene rings is 14. The second kappa shape index (κ2) is 22.3. The quantitative estimate of drug-likeness (QED) is 0.114. The third-order valence-electron chi connectivity index (χ3n) is 17.5. The van der Waals surface area contributed by atoms with Gasteiger partial charge in [-0.2, -0.15) is 0 Å². The third kappa shape index (κ3) is 9.17. The Balaban J connectivity index is 0.862. The van der Waals surface area contributed by atoms with Gasteiger partial charge in [-0.3, -0.25) is 0 Å². The first-order valence-corrected chi connectivity index (χ1v) is 29.7. The lowest BCUT2D eigenvalue weighted by molar-refractivity contribution is 0.768. The fourth-order valence-corrected chi connectivity index (χ4v) is 13.5. The van der Waals surface area contributed by atoms with Gasteiger partial charge in [0.25, 0.3) is 0 Å². The number of fused-ring (bicyclic) bond motifs is 4. The molecule has 0 saturated heterocycles. The van der Waals surface area contributed by atoms with E-state index < -0.39 is 5.41 Å². The first kappa shape index (κ1) is 51.8. The highest BCUT2D eigenvalue weighted by atomic mass is 15.1. The van der Waals surface area contributed by atoms with Gasteiger partial charge in [0, 0.05) is 34.0 Å². The zero-order valence-corrected chi connectivity index (χ0v) is 47.8. The minimum Gasteiger partial charge on any atom is -0.310 e. The van der Waals surface area contributed by atoms with E-state index in [-0.39, 0.29) is 0 Å². The summed E-state index contributed by atoms with van der Waals surface area (Å²) in [6.07, 6.45) is 0. The molecule has 0 N–H and O–H groups in total. The van der Waals surface area contributed by atoms with Crippen LogP contribution in [0.15, 0.2) is 346 Å². The second-order valence-corrected chi connectivity index (χ2v) is 22.4. The highest BCUT2D eigenvalue weighted by Gasteiger charge is 2.46. The molecule has 0 aliphatic heterocycles. The summed E-state index contributed by atoms with van der Waals surface area (Å²) in [4.78, 5) is 4.83. The van der Waals surface area contributed by atoms with Crippen LogP contribution < -0.4 is 9.80 Å². The third-order valence-corrected chi connectivity index (χ3v) is 17.5. The van der Waals surface area contributed by atoms with Crippen molar-refractivity contribution in [2.45, 2.75) is 12.3 Å². The Morgan fingerprint density at radius 3 is 1.12 bits per heavy atom. The van der Waals surface area contributed by atoms with E-state index in [1.54, 1.807) is 0 Å². The molecule has 0 radical (unpaired) electrons. The molecule has 0 spiro atoms. The Kier molecular flexibility index (Phi) is 13.4. The molecule has 0 amide bonds. The average molecular weight is 1100 g/mol. The van der Waals surface area contributed by atoms with E-state index in [1.807, 2.05) is 0 Å². The number of nitrogens with zero attached hydrogens (tertiary/aromatic N) is 2. The Labute approximate surface area is 504 Å². The van der Waals surface area contributed by atoms with Gasteiger partial charge >= 0.3 is 0 Å². The lowest BCUT2D eigenvalue weighted by Crippen LogP contribution is -2.28. The van der Waals surface area contributed by atoms with Crippen LogP contribution in [-0.2, 0) is 5.41 Å². The molecule has 0 atom stereocenters. The maximum absolute atomic E-state index is 2.45. The van der Waals surface area contributed by atoms with Gasteiger partial charge in [0.1, 0.15) is 0 Å². The van der Waals surface area contributed by atoms with E-state index in [0.29, 0.717) is 0 Å². The largest absolute Gasteiger partial charge is 0.310 e. The molecule has 1 aliphatic rings. The van der Waals surface area contributed by atoms with Gasteiger partial charge in [-0.25, -0.2) is 0 Å². The zero-order valence-electron chi connectivity index (χ0n) is 47.8. The average Bonchev–Trinajstić information content (AvgIpc) is 1.55. The van der Waals surface area contributed by atoms with Crippen LogP contribution >= 0.6 is 0 Å². The summed E-state index contributed by atoms with van der Waals surface area (Å²) in [6.45, 7) is 2.21. The van der Waals surface area contributed by atoms with Gasteiger partial charge in [0.15, 0.2) is 0 Å². The summed E-state index contributed by atoms with van der Waals surface area (Å²) in [7, 11) is 0. The number of hydrogen-bond acceptors (Lipinski definition) is 2. The van der Waals surface area contributed by atoms with Crippen LogP contribution in [0.2, 0.25) is 0 Å². The van der Waals surface area contributed by atoms with Crippen molar-refractivity contribution in [1.82, 2.24) is 0 Å². The molecule has 0 bridgehead atoms. The molecule has 14 aromatic rings. The van der Waals surface area contributed by atoms with E-state index in [9.17, 15) is 0 Å². The Hall–Kier alpha value is -11.1. The molecule has 0 aromatic heterocycles. The highest BCUT2D eigenvalue weighted by Crippen LogP contribution is 2.57. The molecule has 15 rings (SSSR count). The van der Waals surface area contributed by atoms with Crippen molar-refractivity contribution < 1.29 is 0 Å². The Morgan fingerprint density at radius 1 is 0.221 bits per heavy atom. The van der Waals surface area contributed by atoms with Crippen molar-refractivity contribution in [2.24, 2.45) is 0 Å². The molecule has 0 unspecified atom stereocenters. The summed E-state index contributed by atoms with van der Waals surface area (Å²) in [5.74, 6) is 0. The van der Waals surface area contributed by atoms with E-state index >= 15 is 0 Å². The van der Waals surface area contributed by atoms with Crippen LogP contribution in [-0.4, -0.2) is 0 Å². The number of aryl methyl sites for hydroxylation is 1. The Morgan fingerprint density at radius 2 is 0.593 bits per heavy atom. The van der Waals surface area contributed by atoms with Crippen LogP contribution in [0.4, 0.5) is 34.1 Å². The van der Waals surface area contributed by atoms with Crippen molar-refractivity contribution in [3.05, 3.63) is 374 Å². The molecule has 86 heavy (non-hydrogen) atoms. The van der Waals surface area contributed by atoms with Crippen molar-refractivity contribution in [1.29, 1.82) is 0 Å². The van der Waals surface area contributed by atoms with Gasteiger partial charge in [-0.15, -0.1) is 0 Å². The lowest BCUT2D eigenvalue weighted by atomic mass is 9.67. The standard InChI is InChI=1S/C84H60N2/c1-59-26-20-23-41-73(59)80-54-64-31-21-22-32-65(64)55-83(80)86(69-39-18-7-19-40-69)71-50-46-63(47-51-71)79-58-76(60-27-8-2-9-28-60)78(57-77(79)61-29-10-3-11-30-61)62-44-48-70(49-45-62)85(68-37-16-6-17-38-68)72-52-53-75-74-42-24-25-43-81(74)84(82(75)56-72,66-33-12-4-13-34-66)67-35-14-5-15-36-67/h2-58H,1H3. The normalized spacial score (nSPS) is 12.1. The van der Waals surface area contributed by atoms with Crippen molar-refractivity contribution in [3.8, 4) is 66.8 Å². The Bertz CT molecular complexity index is 4680. The maximum Gasteiger partial charge on any atom is 0.0714 e. The summed E-state index contributed by atoms with van der Waals surface area (Å²) >= 11 is 0. The number of anilines is 6. The van der Waals surface area contributed by atoms with E-state index in [2.05, 4.69) is 363 Å². The van der Waals surface area contributed by atoms with Gasteiger partial charge in [0.2, 0.25) is 0 Å². The molecular weight excluding hydrogens is 1040 g/mol. The first-order valence-electron chi connectivity index (χ1n) is 29.7. The van der Waals surface area contributed by atoms with Crippen molar-refractivity contribution in [2.75, 3.05) is 9.80 Å². The van der Waals surface area contributed by atoms with Crippen LogP contribution in [0.1, 0.15) is 27.8 Å². The minimum atomic E-state index is -0.526. The number of para-hydroxylation sites is 2. The molecule has 1 aliphatic carbocycles. The summed E-state index contributed by atoms with van der Waals surface area (Å²) in [5, 5.41) is 2.41. The fraction of sp³-hybridized carbons (Fsp3) is 0.0238. The molecule has 0 heterocycles. The van der Waals surface area contributed by atoms with Gasteiger partial charge in [-0.1, -0.05) is 261 Å². The number of hydrogen-bond donors (Lipinski definition) is 0. The minimum absolute atomic E-state index is 0.526. The maximum atomic E-state index is 2.45. The van der Waals surface area contributed by atoms with Gasteiger partial charge < -0.3 is 9.80 Å². The predicted octanol–water partition coefficient (Wildman–Crippen LogP) is 22.8.